The molecule has 1 heterocycles. The fourth-order valence-electron chi connectivity index (χ4n) is 1.30. The lowest BCUT2D eigenvalue weighted by Gasteiger charge is -2.03. The van der Waals surface area contributed by atoms with E-state index in [-0.39, 0.29) is 24.8 Å². The van der Waals surface area contributed by atoms with Crippen LogP contribution in [0.1, 0.15) is 12.7 Å². The third-order valence-corrected chi connectivity index (χ3v) is 1.97. The molecule has 0 aliphatic rings. The fourth-order valence-corrected chi connectivity index (χ4v) is 1.30. The average molecular weight is 256 g/mol. The van der Waals surface area contributed by atoms with Gasteiger partial charge in [0.1, 0.15) is 26.4 Å². The molecule has 0 amide bonds. The van der Waals surface area contributed by atoms with Gasteiger partial charge in [0.05, 0.1) is 0 Å². The zero-order chi connectivity index (χ0) is 13.7. The lowest BCUT2D eigenvalue weighted by Crippen LogP contribution is -2.14. The van der Waals surface area contributed by atoms with Crippen molar-refractivity contribution in [1.29, 1.82) is 0 Å². The van der Waals surface area contributed by atoms with Crippen molar-refractivity contribution in [1.82, 2.24) is 9.55 Å². The molecule has 98 valence electrons. The summed E-state index contributed by atoms with van der Waals surface area (Å²) in [4.78, 5) is 24.5. The minimum Gasteiger partial charge on any atom is -0.624 e. The number of nitrogens with zero attached hydrogens (tertiary/aromatic N) is 4. The number of aromatic nitrogens is 2. The Kier molecular flexibility index (Phi) is 4.35. The Hall–Kier alpha value is -2.45. The summed E-state index contributed by atoms with van der Waals surface area (Å²) in [6.07, 6.45) is 2.14. The molecule has 9 heteroatoms. The minimum absolute atomic E-state index is 0.0318. The van der Waals surface area contributed by atoms with Crippen LogP contribution in [0.25, 0.3) is 0 Å². The number of ether oxygens (including phenoxy) is 1. The SMILES string of the molecule is CC(=O)OCCn1c([N+](=O)[O-])cnc1/C=[N+](/C)[O-]. The highest BCUT2D eigenvalue weighted by molar-refractivity contribution is 5.71. The maximum atomic E-state index is 10.9. The first-order valence-electron chi connectivity index (χ1n) is 5.00. The third-order valence-electron chi connectivity index (χ3n) is 1.97. The molecule has 0 spiro atoms. The molecule has 1 rings (SSSR count). The second-order valence-electron chi connectivity index (χ2n) is 3.40. The van der Waals surface area contributed by atoms with Crippen molar-refractivity contribution in [2.45, 2.75) is 13.5 Å². The van der Waals surface area contributed by atoms with E-state index in [2.05, 4.69) is 4.98 Å². The molecule has 9 nitrogen and oxygen atoms in total. The van der Waals surface area contributed by atoms with Crippen LogP contribution in [0.5, 0.6) is 0 Å². The van der Waals surface area contributed by atoms with Crippen molar-refractivity contribution >= 4 is 18.0 Å². The molecular weight excluding hydrogens is 244 g/mol. The van der Waals surface area contributed by atoms with Crippen molar-refractivity contribution in [2.24, 2.45) is 0 Å². The van der Waals surface area contributed by atoms with Gasteiger partial charge >= 0.3 is 11.8 Å². The lowest BCUT2D eigenvalue weighted by atomic mass is 10.5. The summed E-state index contributed by atoms with van der Waals surface area (Å²) in [7, 11) is 1.23. The van der Waals surface area contributed by atoms with E-state index in [0.717, 1.165) is 12.4 Å². The van der Waals surface area contributed by atoms with E-state index in [0.29, 0.717) is 4.74 Å². The molecule has 0 saturated heterocycles. The van der Waals surface area contributed by atoms with Crippen molar-refractivity contribution in [2.75, 3.05) is 13.7 Å². The van der Waals surface area contributed by atoms with E-state index >= 15 is 0 Å². The van der Waals surface area contributed by atoms with Crippen molar-refractivity contribution < 1.29 is 19.2 Å². The van der Waals surface area contributed by atoms with E-state index in [9.17, 15) is 20.1 Å². The van der Waals surface area contributed by atoms with Crippen LogP contribution in [0.3, 0.4) is 0 Å². The number of hydrogen-bond acceptors (Lipinski definition) is 6. The lowest BCUT2D eigenvalue weighted by molar-refractivity contribution is -0.417. The Bertz CT molecular complexity index is 489. The molecule has 0 saturated carbocycles. The summed E-state index contributed by atoms with van der Waals surface area (Å²) >= 11 is 0. The van der Waals surface area contributed by atoms with Crippen LogP contribution in [0.4, 0.5) is 5.82 Å². The normalized spacial score (nSPS) is 11.3. The molecule has 0 aromatic carbocycles. The van der Waals surface area contributed by atoms with E-state index < -0.39 is 10.9 Å². The van der Waals surface area contributed by atoms with Gasteiger partial charge in [-0.15, -0.1) is 0 Å². The van der Waals surface area contributed by atoms with Crippen LogP contribution in [0.2, 0.25) is 0 Å². The molecule has 0 unspecified atom stereocenters. The number of hydroxylamine groups is 1. The molecule has 0 atom stereocenters. The molecule has 0 radical (unpaired) electrons. The molecule has 18 heavy (non-hydrogen) atoms. The Morgan fingerprint density at radius 1 is 1.61 bits per heavy atom. The van der Waals surface area contributed by atoms with Gasteiger partial charge in [-0.25, -0.2) is 9.72 Å². The van der Waals surface area contributed by atoms with Crippen LogP contribution in [-0.2, 0) is 16.1 Å². The maximum absolute atomic E-state index is 10.9. The Morgan fingerprint density at radius 3 is 2.78 bits per heavy atom. The predicted molar refractivity (Wildman–Crippen MR) is 60.2 cm³/mol. The Balaban J connectivity index is 2.96. The molecule has 1 aromatic heterocycles. The number of imidazole rings is 1. The molecule has 0 aliphatic heterocycles. The first kappa shape index (κ1) is 13.6. The molecular formula is C9H12N4O5. The van der Waals surface area contributed by atoms with Gasteiger partial charge in [-0.05, 0) is 4.92 Å². The topological polar surface area (TPSA) is 113 Å². The quantitative estimate of drug-likeness (QED) is 0.182. The smallest absolute Gasteiger partial charge is 0.343 e. The number of esters is 1. The average Bonchev–Trinajstić information content (AvgIpc) is 2.60. The largest absolute Gasteiger partial charge is 0.624 e. The first-order valence-corrected chi connectivity index (χ1v) is 5.00. The van der Waals surface area contributed by atoms with Crippen LogP contribution in [-0.4, -0.2) is 45.1 Å². The summed E-state index contributed by atoms with van der Waals surface area (Å²) in [5, 5.41) is 21.6. The fraction of sp³-hybridized carbons (Fsp3) is 0.444. The van der Waals surface area contributed by atoms with Crippen LogP contribution < -0.4 is 0 Å². The monoisotopic (exact) mass is 256 g/mol. The highest BCUT2D eigenvalue weighted by Crippen LogP contribution is 2.12. The summed E-state index contributed by atoms with van der Waals surface area (Å²) in [6.45, 7) is 1.26. The van der Waals surface area contributed by atoms with Gasteiger partial charge in [0.15, 0.2) is 0 Å². The Labute approximate surface area is 102 Å². The van der Waals surface area contributed by atoms with Crippen molar-refractivity contribution in [3.05, 3.63) is 27.3 Å². The second kappa shape index (κ2) is 5.75. The van der Waals surface area contributed by atoms with Gasteiger partial charge in [0, 0.05) is 6.92 Å². The first-order chi connectivity index (χ1) is 8.41. The van der Waals surface area contributed by atoms with Gasteiger partial charge in [0.2, 0.25) is 6.21 Å². The standard InChI is InChI=1S/C9H12N4O5/c1-7(14)18-4-3-12-8(6-11(2)15)10-5-9(12)13(16)17/h5-6H,3-4H2,1-2H3/b11-6-. The number of carbonyl (C=O) groups is 1. The van der Waals surface area contributed by atoms with Gasteiger partial charge in [0.25, 0.3) is 5.82 Å². The van der Waals surface area contributed by atoms with Gasteiger partial charge in [-0.1, -0.05) is 0 Å². The van der Waals surface area contributed by atoms with Crippen molar-refractivity contribution in [3.8, 4) is 0 Å². The number of nitro groups is 1. The number of hydrogen-bond donors (Lipinski definition) is 0. The van der Waals surface area contributed by atoms with Crippen molar-refractivity contribution in [3.63, 3.8) is 0 Å². The van der Waals surface area contributed by atoms with E-state index in [1.807, 2.05) is 0 Å². The zero-order valence-corrected chi connectivity index (χ0v) is 9.90. The highest BCUT2D eigenvalue weighted by Gasteiger charge is 2.20. The van der Waals surface area contributed by atoms with Crippen LogP contribution >= 0.6 is 0 Å². The summed E-state index contributed by atoms with van der Waals surface area (Å²) < 4.78 is 6.37. The number of carbonyl (C=O) groups excluding carboxylic acids is 1. The second-order valence-corrected chi connectivity index (χ2v) is 3.40. The van der Waals surface area contributed by atoms with Crippen LogP contribution in [0, 0.1) is 15.3 Å². The highest BCUT2D eigenvalue weighted by atomic mass is 16.6. The van der Waals surface area contributed by atoms with Gasteiger partial charge in [-0.3, -0.25) is 4.79 Å². The maximum Gasteiger partial charge on any atom is 0.343 e. The minimum atomic E-state index is -0.622. The van der Waals surface area contributed by atoms with E-state index in [1.54, 1.807) is 0 Å². The summed E-state index contributed by atoms with van der Waals surface area (Å²) in [6, 6.07) is 0. The zero-order valence-electron chi connectivity index (χ0n) is 9.90. The molecule has 0 N–H and O–H groups in total. The van der Waals surface area contributed by atoms with E-state index in [1.165, 1.54) is 18.5 Å². The number of rotatable bonds is 5. The Morgan fingerprint density at radius 2 is 2.28 bits per heavy atom. The van der Waals surface area contributed by atoms with Gasteiger partial charge in [-0.2, -0.15) is 4.57 Å². The molecule has 1 aromatic rings. The van der Waals surface area contributed by atoms with Crippen LogP contribution in [0.15, 0.2) is 6.20 Å². The summed E-state index contributed by atoms with van der Waals surface area (Å²) in [5.41, 5.74) is 0. The van der Waals surface area contributed by atoms with Gasteiger partial charge < -0.3 is 20.1 Å². The molecule has 0 aliphatic carbocycles. The molecule has 0 fully saturated rings. The third kappa shape index (κ3) is 3.54. The predicted octanol–water partition coefficient (Wildman–Crippen LogP) is -0.0866. The molecule has 0 bridgehead atoms. The summed E-state index contributed by atoms with van der Waals surface area (Å²) in [5.74, 6) is -0.620. The van der Waals surface area contributed by atoms with E-state index in [4.69, 9.17) is 4.74 Å².